The molecule has 2 aromatic rings. The molecule has 0 radical (unpaired) electrons. The van der Waals surface area contributed by atoms with E-state index in [1.165, 1.54) is 32.1 Å². The minimum absolute atomic E-state index is 0.0996. The average Bonchev–Trinajstić information content (AvgIpc) is 2.73. The maximum absolute atomic E-state index is 14.5. The highest BCUT2D eigenvalue weighted by atomic mass is 19.2. The highest BCUT2D eigenvalue weighted by molar-refractivity contribution is 5.83. The topological polar surface area (TPSA) is 0 Å². The van der Waals surface area contributed by atoms with Gasteiger partial charge in [0.2, 0.25) is 0 Å². The molecular weight excluding hydrogens is 364 g/mol. The number of halogens is 4. The van der Waals surface area contributed by atoms with Crippen LogP contribution >= 0.6 is 0 Å². The van der Waals surface area contributed by atoms with Gasteiger partial charge in [0.25, 0.3) is 0 Å². The lowest BCUT2D eigenvalue weighted by atomic mass is 9.77. The molecule has 2 aromatic carbocycles. The van der Waals surface area contributed by atoms with Crippen LogP contribution in [-0.4, -0.2) is 0 Å². The highest BCUT2D eigenvalue weighted by Crippen LogP contribution is 2.38. The van der Waals surface area contributed by atoms with Crippen molar-refractivity contribution in [1.29, 1.82) is 0 Å². The zero-order valence-electron chi connectivity index (χ0n) is 16.2. The van der Waals surface area contributed by atoms with Crippen LogP contribution in [0.5, 0.6) is 0 Å². The van der Waals surface area contributed by atoms with Crippen molar-refractivity contribution in [2.75, 3.05) is 0 Å². The molecule has 0 amide bonds. The van der Waals surface area contributed by atoms with Crippen LogP contribution in [0.25, 0.3) is 11.7 Å². The Morgan fingerprint density at radius 3 is 2.04 bits per heavy atom. The van der Waals surface area contributed by atoms with E-state index in [0.717, 1.165) is 36.5 Å². The predicted molar refractivity (Wildman–Crippen MR) is 106 cm³/mol. The molecule has 0 N–H and O–H groups in total. The molecule has 0 saturated heterocycles. The maximum atomic E-state index is 14.5. The predicted octanol–water partition coefficient (Wildman–Crippen LogP) is 8.19. The van der Waals surface area contributed by atoms with Crippen LogP contribution in [0.1, 0.15) is 74.5 Å². The van der Waals surface area contributed by atoms with E-state index < -0.39 is 23.3 Å². The van der Waals surface area contributed by atoms with Gasteiger partial charge in [0.1, 0.15) is 0 Å². The van der Waals surface area contributed by atoms with E-state index in [9.17, 15) is 17.6 Å². The lowest BCUT2D eigenvalue weighted by Gasteiger charge is -2.28. The van der Waals surface area contributed by atoms with Crippen LogP contribution in [-0.2, 0) is 0 Å². The zero-order valence-corrected chi connectivity index (χ0v) is 16.2. The van der Waals surface area contributed by atoms with E-state index in [-0.39, 0.29) is 11.1 Å². The minimum atomic E-state index is -1.20. The highest BCUT2D eigenvalue weighted by Gasteiger charge is 2.22. The van der Waals surface area contributed by atoms with E-state index >= 15 is 0 Å². The van der Waals surface area contributed by atoms with E-state index in [4.69, 9.17) is 0 Å². The van der Waals surface area contributed by atoms with Crippen molar-refractivity contribution >= 4 is 11.7 Å². The first-order valence-corrected chi connectivity index (χ1v) is 10.1. The van der Waals surface area contributed by atoms with Crippen molar-refractivity contribution < 1.29 is 17.6 Å². The molecule has 3 rings (SSSR count). The van der Waals surface area contributed by atoms with Crippen LogP contribution in [0.2, 0.25) is 0 Å². The first-order valence-electron chi connectivity index (χ1n) is 10.1. The van der Waals surface area contributed by atoms with Crippen molar-refractivity contribution in [3.05, 3.63) is 70.8 Å². The molecular formula is C24H26F4. The summed E-state index contributed by atoms with van der Waals surface area (Å²) in [5.41, 5.74) is 0.937. The summed E-state index contributed by atoms with van der Waals surface area (Å²) >= 11 is 0. The second-order valence-corrected chi connectivity index (χ2v) is 7.74. The molecule has 0 atom stereocenters. The Morgan fingerprint density at radius 1 is 0.821 bits per heavy atom. The van der Waals surface area contributed by atoms with Gasteiger partial charge in [-0.15, -0.1) is 0 Å². The van der Waals surface area contributed by atoms with Crippen molar-refractivity contribution in [2.45, 2.75) is 57.8 Å². The van der Waals surface area contributed by atoms with Gasteiger partial charge in [-0.05, 0) is 61.3 Å². The molecule has 0 bridgehead atoms. The Morgan fingerprint density at radius 2 is 1.43 bits per heavy atom. The number of rotatable bonds is 6. The standard InChI is InChI=1S/C24H26F4/c1-2-3-4-16-5-7-17(8-6-16)18-9-11-19(12-10-18)23(27)24(28)20-13-14-21(25)22(26)15-20/h9-17H,2-8H2,1H3. The molecule has 1 aliphatic carbocycles. The fraction of sp³-hybridized carbons (Fsp3) is 0.417. The second-order valence-electron chi connectivity index (χ2n) is 7.74. The minimum Gasteiger partial charge on any atom is -0.204 e. The van der Waals surface area contributed by atoms with Crippen molar-refractivity contribution in [3.63, 3.8) is 0 Å². The molecule has 4 heteroatoms. The first-order chi connectivity index (χ1) is 13.5. The molecule has 0 aliphatic heterocycles. The molecule has 0 spiro atoms. The third-order valence-electron chi connectivity index (χ3n) is 5.81. The third kappa shape index (κ3) is 4.84. The summed E-state index contributed by atoms with van der Waals surface area (Å²) in [5, 5.41) is 0. The molecule has 1 fully saturated rings. The van der Waals surface area contributed by atoms with Gasteiger partial charge in [0.05, 0.1) is 0 Å². The number of unbranched alkanes of at least 4 members (excludes halogenated alkanes) is 1. The van der Waals surface area contributed by atoms with Crippen LogP contribution in [0.15, 0.2) is 42.5 Å². The molecule has 28 heavy (non-hydrogen) atoms. The molecule has 0 aromatic heterocycles. The lowest BCUT2D eigenvalue weighted by Crippen LogP contribution is -2.13. The second kappa shape index (κ2) is 9.40. The maximum Gasteiger partial charge on any atom is 0.166 e. The van der Waals surface area contributed by atoms with Gasteiger partial charge in [0.15, 0.2) is 23.3 Å². The largest absolute Gasteiger partial charge is 0.204 e. The zero-order chi connectivity index (χ0) is 20.1. The van der Waals surface area contributed by atoms with Crippen molar-refractivity contribution in [2.24, 2.45) is 5.92 Å². The monoisotopic (exact) mass is 390 g/mol. The quantitative estimate of drug-likeness (QED) is 0.344. The van der Waals surface area contributed by atoms with Gasteiger partial charge < -0.3 is 0 Å². The smallest absolute Gasteiger partial charge is 0.166 e. The third-order valence-corrected chi connectivity index (χ3v) is 5.81. The summed E-state index contributed by atoms with van der Waals surface area (Å²) in [5.74, 6) is -3.27. The van der Waals surface area contributed by atoms with Gasteiger partial charge in [-0.25, -0.2) is 17.6 Å². The van der Waals surface area contributed by atoms with Crippen LogP contribution in [0.4, 0.5) is 17.6 Å². The summed E-state index contributed by atoms with van der Waals surface area (Å²) in [6.45, 7) is 2.22. The summed E-state index contributed by atoms with van der Waals surface area (Å²) < 4.78 is 55.1. The number of hydrogen-bond donors (Lipinski definition) is 0. The Hall–Kier alpha value is -2.10. The summed E-state index contributed by atoms with van der Waals surface area (Å²) in [7, 11) is 0. The Kier molecular flexibility index (Phi) is 6.93. The number of hydrogen-bond acceptors (Lipinski definition) is 0. The summed E-state index contributed by atoms with van der Waals surface area (Å²) in [4.78, 5) is 0. The lowest BCUT2D eigenvalue weighted by molar-refractivity contribution is 0.304. The van der Waals surface area contributed by atoms with Gasteiger partial charge in [-0.1, -0.05) is 50.5 Å². The average molecular weight is 390 g/mol. The molecule has 0 unspecified atom stereocenters. The Balaban J connectivity index is 1.69. The van der Waals surface area contributed by atoms with Gasteiger partial charge >= 0.3 is 0 Å². The van der Waals surface area contributed by atoms with E-state index in [1.54, 1.807) is 12.1 Å². The van der Waals surface area contributed by atoms with Crippen molar-refractivity contribution in [3.8, 4) is 0 Å². The molecule has 0 heterocycles. The first kappa shape index (κ1) is 20.6. The Bertz CT molecular complexity index is 815. The van der Waals surface area contributed by atoms with Crippen molar-refractivity contribution in [1.82, 2.24) is 0 Å². The van der Waals surface area contributed by atoms with Gasteiger partial charge in [-0.3, -0.25) is 0 Å². The fourth-order valence-electron chi connectivity index (χ4n) is 4.06. The molecule has 1 saturated carbocycles. The van der Waals surface area contributed by atoms with Crippen LogP contribution < -0.4 is 0 Å². The van der Waals surface area contributed by atoms with E-state index in [1.807, 2.05) is 12.1 Å². The van der Waals surface area contributed by atoms with Gasteiger partial charge in [-0.2, -0.15) is 0 Å². The van der Waals surface area contributed by atoms with E-state index in [2.05, 4.69) is 6.92 Å². The summed E-state index contributed by atoms with van der Waals surface area (Å²) in [6, 6.07) is 9.31. The fourth-order valence-corrected chi connectivity index (χ4v) is 4.06. The summed E-state index contributed by atoms with van der Waals surface area (Å²) in [6.07, 6.45) is 8.56. The Labute approximate surface area is 164 Å². The van der Waals surface area contributed by atoms with E-state index in [0.29, 0.717) is 12.0 Å². The normalized spacial score (nSPS) is 20.8. The molecule has 1 aliphatic rings. The van der Waals surface area contributed by atoms with Crippen LogP contribution in [0.3, 0.4) is 0 Å². The van der Waals surface area contributed by atoms with Crippen LogP contribution in [0, 0.1) is 17.6 Å². The van der Waals surface area contributed by atoms with Gasteiger partial charge in [0, 0.05) is 11.1 Å². The number of benzene rings is 2. The SMILES string of the molecule is CCCCC1CCC(c2ccc(C(F)=C(F)c3ccc(F)c(F)c3)cc2)CC1. The molecule has 150 valence electrons. The molecule has 0 nitrogen and oxygen atoms in total.